The predicted molar refractivity (Wildman–Crippen MR) is 219 cm³/mol. The van der Waals surface area contributed by atoms with Crippen LogP contribution in [0.15, 0.2) is 61.1 Å². The Hall–Kier alpha value is -6.20. The number of piperazine rings is 1. The minimum Gasteiger partial charge on any atom is -0.453 e. The van der Waals surface area contributed by atoms with Crippen LogP contribution in [0.5, 0.6) is 5.75 Å². The molecule has 15 nitrogen and oxygen atoms in total. The van der Waals surface area contributed by atoms with E-state index in [0.29, 0.717) is 55.5 Å². The number of aromatic nitrogens is 4. The summed E-state index contributed by atoms with van der Waals surface area (Å²) in [6, 6.07) is 9.30. The number of benzene rings is 1. The zero-order chi connectivity index (χ0) is 43.8. The molecular weight excluding hydrogens is 796 g/mol. The molecule has 4 aromatic rings. The molecule has 324 valence electrons. The smallest absolute Gasteiger partial charge is 0.453 e. The number of imidazole rings is 1. The van der Waals surface area contributed by atoms with Gasteiger partial charge in [-0.3, -0.25) is 19.4 Å². The van der Waals surface area contributed by atoms with Gasteiger partial charge in [0, 0.05) is 79.6 Å². The second-order valence-electron chi connectivity index (χ2n) is 16.8. The second kappa shape index (κ2) is 17.0. The molecule has 61 heavy (non-hydrogen) atoms. The van der Waals surface area contributed by atoms with Crippen LogP contribution >= 0.6 is 0 Å². The summed E-state index contributed by atoms with van der Waals surface area (Å²) in [4.78, 5) is 74.2. The summed E-state index contributed by atoms with van der Waals surface area (Å²) < 4.78 is 50.1. The van der Waals surface area contributed by atoms with Gasteiger partial charge in [0.15, 0.2) is 0 Å². The molecule has 2 unspecified atom stereocenters. The van der Waals surface area contributed by atoms with Crippen LogP contribution in [0.1, 0.15) is 76.1 Å². The van der Waals surface area contributed by atoms with Gasteiger partial charge in [0.2, 0.25) is 11.8 Å². The monoisotopic (exact) mass is 845 g/mol. The van der Waals surface area contributed by atoms with E-state index in [1.807, 2.05) is 25.7 Å². The van der Waals surface area contributed by atoms with Crippen molar-refractivity contribution in [2.75, 3.05) is 43.5 Å². The molecule has 1 saturated carbocycles. The molecule has 3 aliphatic rings. The maximum atomic E-state index is 13.7. The fraction of sp³-hybridized carbons (Fsp3) is 0.465. The van der Waals surface area contributed by atoms with E-state index in [0.717, 1.165) is 18.9 Å². The number of H-pyrrole nitrogens is 1. The average molecular weight is 846 g/mol. The molecule has 0 radical (unpaired) electrons. The van der Waals surface area contributed by atoms with E-state index < -0.39 is 30.2 Å². The predicted octanol–water partition coefficient (Wildman–Crippen LogP) is 6.81. The van der Waals surface area contributed by atoms with Crippen molar-refractivity contribution in [1.82, 2.24) is 35.1 Å². The molecule has 4 atom stereocenters. The number of anilines is 2. The standard InChI is InChI=1S/C43H50F3N9O6/c1-24(2)36(52-41(59)60-6)40(58)55-15-7-8-33(55)37-49-22-32(51-37)26-9-13-31(47-20-26)29-12-11-28(18-34(29)61-43(44,45)46)50-38(56)27-10-14-35(48-21-27)54-17-16-53(23-25(54)3)39(57)30-19-42(30,4)5/h9-14,18,20-22,24-25,30,33,36H,7-8,15-17,19,23H2,1-6H3,(H,49,51)(H,50,56)(H,52,59)/t25?,30-,33?,36+/m1/s1. The highest BCUT2D eigenvalue weighted by atomic mass is 19.4. The third-order valence-corrected chi connectivity index (χ3v) is 11.7. The SMILES string of the molecule is COC(=O)N[C@H](C(=O)N1CCCC1c1nc(-c2ccc(-c3ccc(NC(=O)c4ccc(N5CCN(C(=O)[C@H]6CC6(C)C)CC5C)nc4)cc3OC(F)(F)F)nc2)c[nH]1)C(C)C. The van der Waals surface area contributed by atoms with Gasteiger partial charge in [0.1, 0.15) is 23.4 Å². The number of carbonyl (C=O) groups excluding carboxylic acids is 4. The number of methoxy groups -OCH3 is 1. The third kappa shape index (κ3) is 9.57. The first-order valence-electron chi connectivity index (χ1n) is 20.3. The van der Waals surface area contributed by atoms with Gasteiger partial charge in [0.05, 0.1) is 30.1 Å². The maximum absolute atomic E-state index is 13.7. The average Bonchev–Trinajstić information content (AvgIpc) is 3.56. The molecule has 7 rings (SSSR count). The normalized spacial score (nSPS) is 20.3. The van der Waals surface area contributed by atoms with E-state index in [9.17, 15) is 32.3 Å². The number of likely N-dealkylation sites (tertiary alicyclic amines) is 1. The molecule has 0 spiro atoms. The van der Waals surface area contributed by atoms with Crippen LogP contribution in [0.25, 0.3) is 22.5 Å². The van der Waals surface area contributed by atoms with Crippen molar-refractivity contribution in [3.63, 3.8) is 0 Å². The van der Waals surface area contributed by atoms with Gasteiger partial charge in [0.25, 0.3) is 5.91 Å². The number of amides is 4. The molecular formula is C43H50F3N9O6. The Bertz CT molecular complexity index is 2260. The Morgan fingerprint density at radius 3 is 2.38 bits per heavy atom. The van der Waals surface area contributed by atoms with Crippen LogP contribution in [0.3, 0.4) is 0 Å². The zero-order valence-electron chi connectivity index (χ0n) is 34.9. The van der Waals surface area contributed by atoms with Crippen molar-refractivity contribution in [3.8, 4) is 28.3 Å². The summed E-state index contributed by atoms with van der Waals surface area (Å²) >= 11 is 0. The Morgan fingerprint density at radius 1 is 0.984 bits per heavy atom. The number of pyridine rings is 2. The lowest BCUT2D eigenvalue weighted by Crippen LogP contribution is -2.54. The molecule has 5 heterocycles. The summed E-state index contributed by atoms with van der Waals surface area (Å²) in [6.45, 7) is 12.1. The number of ether oxygens (including phenoxy) is 2. The van der Waals surface area contributed by atoms with Gasteiger partial charge in [-0.05, 0) is 73.9 Å². The van der Waals surface area contributed by atoms with E-state index in [1.165, 1.54) is 37.7 Å². The number of hydrogen-bond acceptors (Lipinski definition) is 10. The molecule has 18 heteroatoms. The van der Waals surface area contributed by atoms with Crippen LogP contribution in [0.4, 0.5) is 29.5 Å². The number of rotatable bonds is 11. The summed E-state index contributed by atoms with van der Waals surface area (Å²) in [5.74, 6) is -0.117. The van der Waals surface area contributed by atoms with Crippen molar-refractivity contribution in [1.29, 1.82) is 0 Å². The summed E-state index contributed by atoms with van der Waals surface area (Å²) in [5.41, 5.74) is 1.61. The van der Waals surface area contributed by atoms with E-state index in [4.69, 9.17) is 9.72 Å². The Balaban J connectivity index is 1.01. The minimum atomic E-state index is -5.03. The second-order valence-corrected chi connectivity index (χ2v) is 16.8. The lowest BCUT2D eigenvalue weighted by molar-refractivity contribution is -0.274. The largest absolute Gasteiger partial charge is 0.573 e. The zero-order valence-corrected chi connectivity index (χ0v) is 34.9. The first-order valence-corrected chi connectivity index (χ1v) is 20.3. The number of nitrogens with zero attached hydrogens (tertiary/aromatic N) is 6. The molecule has 0 bridgehead atoms. The highest BCUT2D eigenvalue weighted by Crippen LogP contribution is 2.52. The van der Waals surface area contributed by atoms with Crippen LogP contribution in [-0.2, 0) is 14.3 Å². The maximum Gasteiger partial charge on any atom is 0.573 e. The van der Waals surface area contributed by atoms with E-state index in [1.54, 1.807) is 29.3 Å². The van der Waals surface area contributed by atoms with Crippen molar-refractivity contribution in [2.45, 2.75) is 78.4 Å². The van der Waals surface area contributed by atoms with Gasteiger partial charge < -0.3 is 39.8 Å². The number of alkyl halides is 3. The van der Waals surface area contributed by atoms with Crippen LogP contribution in [0.2, 0.25) is 0 Å². The Morgan fingerprint density at radius 2 is 1.75 bits per heavy atom. The van der Waals surface area contributed by atoms with E-state index >= 15 is 0 Å². The lowest BCUT2D eigenvalue weighted by Gasteiger charge is -2.40. The molecule has 3 N–H and O–H groups in total. The lowest BCUT2D eigenvalue weighted by atomic mass is 10.0. The number of nitrogens with one attached hydrogen (secondary N) is 3. The van der Waals surface area contributed by atoms with E-state index in [-0.39, 0.29) is 63.7 Å². The summed E-state index contributed by atoms with van der Waals surface area (Å²) in [6.07, 6.45) is 1.12. The number of halogens is 3. The van der Waals surface area contributed by atoms with Crippen molar-refractivity contribution < 1.29 is 41.8 Å². The van der Waals surface area contributed by atoms with Crippen LogP contribution in [-0.4, -0.2) is 105 Å². The Labute approximate surface area is 351 Å². The molecule has 3 aromatic heterocycles. The minimum absolute atomic E-state index is 0.00985. The Kier molecular flexibility index (Phi) is 12.0. The fourth-order valence-electron chi connectivity index (χ4n) is 8.07. The van der Waals surface area contributed by atoms with Crippen molar-refractivity contribution in [3.05, 3.63) is 72.4 Å². The van der Waals surface area contributed by atoms with Crippen molar-refractivity contribution >= 4 is 35.3 Å². The number of aromatic amines is 1. The van der Waals surface area contributed by atoms with Crippen molar-refractivity contribution in [2.24, 2.45) is 17.3 Å². The topological polar surface area (TPSA) is 175 Å². The van der Waals surface area contributed by atoms with Crippen LogP contribution in [0, 0.1) is 17.3 Å². The molecule has 2 saturated heterocycles. The van der Waals surface area contributed by atoms with Gasteiger partial charge in [-0.25, -0.2) is 14.8 Å². The quantitative estimate of drug-likeness (QED) is 0.146. The summed E-state index contributed by atoms with van der Waals surface area (Å²) in [7, 11) is 1.24. The number of hydrogen-bond donors (Lipinski definition) is 3. The van der Waals surface area contributed by atoms with Gasteiger partial charge in [-0.1, -0.05) is 27.7 Å². The van der Waals surface area contributed by atoms with Gasteiger partial charge >= 0.3 is 12.5 Å². The third-order valence-electron chi connectivity index (χ3n) is 11.7. The van der Waals surface area contributed by atoms with Gasteiger partial charge in [-0.15, -0.1) is 13.2 Å². The first kappa shape index (κ1) is 42.9. The number of carbonyl (C=O) groups is 4. The van der Waals surface area contributed by atoms with E-state index in [2.05, 4.69) is 49.1 Å². The van der Waals surface area contributed by atoms with Gasteiger partial charge in [-0.2, -0.15) is 0 Å². The molecule has 1 aromatic carbocycles. The summed E-state index contributed by atoms with van der Waals surface area (Å²) in [5, 5.41) is 5.26. The molecule has 4 amide bonds. The number of alkyl carbamates (subject to hydrolysis) is 1. The molecule has 3 fully saturated rings. The first-order chi connectivity index (χ1) is 28.9. The van der Waals surface area contributed by atoms with Crippen LogP contribution < -0.4 is 20.3 Å². The fourth-order valence-corrected chi connectivity index (χ4v) is 8.07. The highest BCUT2D eigenvalue weighted by Gasteiger charge is 2.52. The molecule has 1 aliphatic carbocycles. The molecule has 2 aliphatic heterocycles. The highest BCUT2D eigenvalue weighted by molar-refractivity contribution is 6.04.